The molecule has 312 valence electrons. The second-order valence-corrected chi connectivity index (χ2v) is 17.9. The molecule has 0 spiro atoms. The van der Waals surface area contributed by atoms with Gasteiger partial charge in [0.1, 0.15) is 17.8 Å². The van der Waals surface area contributed by atoms with E-state index in [2.05, 4.69) is 72.2 Å². The van der Waals surface area contributed by atoms with E-state index in [1.165, 1.54) is 6.92 Å². The van der Waals surface area contributed by atoms with E-state index in [9.17, 15) is 19.2 Å². The molecule has 1 heterocycles. The van der Waals surface area contributed by atoms with Crippen molar-refractivity contribution in [1.82, 2.24) is 0 Å². The van der Waals surface area contributed by atoms with Crippen LogP contribution in [0.4, 0.5) is 0 Å². The predicted molar refractivity (Wildman–Crippen MR) is 223 cm³/mol. The summed E-state index contributed by atoms with van der Waals surface area (Å²) in [6.45, 7) is 27.0. The van der Waals surface area contributed by atoms with E-state index in [0.717, 1.165) is 29.9 Å². The number of Topliss-reactive ketones (excluding diaryl/α,β-unsaturated/α-hetero) is 1. The summed E-state index contributed by atoms with van der Waals surface area (Å²) in [6, 6.07) is 0. The molecule has 0 amide bonds. The van der Waals surface area contributed by atoms with Gasteiger partial charge in [-0.1, -0.05) is 126 Å². The quantitative estimate of drug-likeness (QED) is 0.0571. The minimum absolute atomic E-state index is 0.0386. The Labute approximate surface area is 337 Å². The number of ketones is 1. The molecule has 9 nitrogen and oxygen atoms in total. The Morgan fingerprint density at radius 2 is 1.36 bits per heavy atom. The van der Waals surface area contributed by atoms with Crippen LogP contribution in [0.2, 0.25) is 0 Å². The van der Waals surface area contributed by atoms with Crippen LogP contribution in [0.3, 0.4) is 0 Å². The van der Waals surface area contributed by atoms with Crippen LogP contribution in [0, 0.1) is 28.6 Å². The number of quaternary nitrogens is 1. The first-order valence-corrected chi connectivity index (χ1v) is 20.2. The molecule has 2 aliphatic carbocycles. The lowest BCUT2D eigenvalue weighted by molar-refractivity contribution is -0.657. The summed E-state index contributed by atoms with van der Waals surface area (Å²) in [7, 11) is 0. The molecule has 56 heavy (non-hydrogen) atoms. The van der Waals surface area contributed by atoms with Crippen LogP contribution >= 0.6 is 0 Å². The molecule has 9 heteroatoms. The van der Waals surface area contributed by atoms with Crippen molar-refractivity contribution in [2.45, 2.75) is 158 Å². The molecule has 0 bridgehead atoms. The fourth-order valence-electron chi connectivity index (χ4n) is 9.40. The van der Waals surface area contributed by atoms with Gasteiger partial charge in [-0.15, -0.1) is 0 Å². The largest absolute Gasteiger partial charge is 0.463 e. The third-order valence-corrected chi connectivity index (χ3v) is 11.7. The van der Waals surface area contributed by atoms with Crippen molar-refractivity contribution in [3.05, 3.63) is 83.6 Å². The minimum Gasteiger partial charge on any atom is -0.463 e. The molecule has 0 aromatic carbocycles. The van der Waals surface area contributed by atoms with E-state index in [1.807, 2.05) is 88.5 Å². The molecule has 2 saturated carbocycles. The van der Waals surface area contributed by atoms with Gasteiger partial charge in [0.15, 0.2) is 5.78 Å². The van der Waals surface area contributed by atoms with Gasteiger partial charge in [0, 0.05) is 25.2 Å². The lowest BCUT2D eigenvalue weighted by atomic mass is 9.59. The number of esters is 2. The number of fused-ring (bicyclic) bond motifs is 1. The summed E-state index contributed by atoms with van der Waals surface area (Å²) in [6.07, 6.45) is 24.8. The normalized spacial score (nSPS) is 28.9. The first-order chi connectivity index (χ1) is 26.0. The first-order valence-electron chi connectivity index (χ1n) is 20.2. The van der Waals surface area contributed by atoms with Gasteiger partial charge in [-0.25, -0.2) is 4.79 Å². The number of ether oxygens (including phenoxy) is 3. The molecule has 5 unspecified atom stereocenters. The van der Waals surface area contributed by atoms with Gasteiger partial charge in [0.2, 0.25) is 0 Å². The number of allylic oxidation sites excluding steroid dienone is 14. The molecule has 0 aromatic rings. The average molecular weight is 779 g/mol. The highest BCUT2D eigenvalue weighted by Crippen LogP contribution is 2.67. The van der Waals surface area contributed by atoms with E-state index in [-0.39, 0.29) is 54.1 Å². The highest BCUT2D eigenvalue weighted by Gasteiger charge is 2.76. The van der Waals surface area contributed by atoms with Gasteiger partial charge in [0.05, 0.1) is 18.4 Å². The van der Waals surface area contributed by atoms with E-state index in [1.54, 1.807) is 0 Å². The molecule has 0 aromatic heterocycles. The Bertz CT molecular complexity index is 1600. The Morgan fingerprint density at radius 1 is 0.768 bits per heavy atom. The molecule has 3 aliphatic rings. The van der Waals surface area contributed by atoms with Gasteiger partial charge < -0.3 is 14.2 Å². The van der Waals surface area contributed by atoms with E-state index in [0.29, 0.717) is 30.3 Å². The highest BCUT2D eigenvalue weighted by molar-refractivity contribution is 5.96. The van der Waals surface area contributed by atoms with Crippen molar-refractivity contribution in [2.75, 3.05) is 0 Å². The zero-order valence-electron chi connectivity index (χ0n) is 36.7. The molecule has 3 N–H and O–H groups in total. The molecular weight excluding hydrogens is 707 g/mol. The number of carbonyl (C=O) groups is 4. The Balaban J connectivity index is 0.000000563. The Kier molecular flexibility index (Phi) is 18.2. The number of epoxide rings is 1. The SMILES string of the molecule is CC(=O)OC1C[C@@H](C)C(C(C)C)C(C)(C)C1.C\C=C/C=C/C(C)=C/C=C/C=C(C)/C=C/C=C(\C)C(=O)CC12OC1(C)CC(OC(=O)CCC(=O)O[NH3+])CC2(C)C. The lowest BCUT2D eigenvalue weighted by Gasteiger charge is -2.48. The van der Waals surface area contributed by atoms with Gasteiger partial charge in [0.25, 0.3) is 0 Å². The molecule has 0 radical (unpaired) electrons. The van der Waals surface area contributed by atoms with Crippen LogP contribution in [-0.2, 0) is 38.2 Å². The van der Waals surface area contributed by atoms with E-state index >= 15 is 0 Å². The smallest absolute Gasteiger partial charge is 0.366 e. The molecule has 3 rings (SSSR count). The molecule has 1 saturated heterocycles. The fourth-order valence-corrected chi connectivity index (χ4v) is 9.40. The second kappa shape index (κ2) is 21.1. The molecule has 1 aliphatic heterocycles. The summed E-state index contributed by atoms with van der Waals surface area (Å²) >= 11 is 0. The van der Waals surface area contributed by atoms with Crippen LogP contribution in [0.1, 0.15) is 135 Å². The van der Waals surface area contributed by atoms with Crippen LogP contribution in [0.25, 0.3) is 0 Å². The maximum absolute atomic E-state index is 13.2. The topological polar surface area (TPSA) is 136 Å². The van der Waals surface area contributed by atoms with Crippen LogP contribution in [0.5, 0.6) is 0 Å². The molecule has 3 fully saturated rings. The van der Waals surface area contributed by atoms with Crippen LogP contribution < -0.4 is 5.90 Å². The van der Waals surface area contributed by atoms with Gasteiger partial charge in [-0.05, 0) is 82.6 Å². The molecule has 6 atom stereocenters. The Morgan fingerprint density at radius 3 is 1.88 bits per heavy atom. The molecular formula is C47H72NO8+. The maximum Gasteiger partial charge on any atom is 0.366 e. The fraction of sp³-hybridized carbons (Fsp3) is 0.617. The van der Waals surface area contributed by atoms with Crippen molar-refractivity contribution < 1.29 is 44.1 Å². The number of rotatable bonds is 15. The minimum atomic E-state index is -0.606. The number of hydrogen-bond acceptors (Lipinski definition) is 8. The third-order valence-electron chi connectivity index (χ3n) is 11.7. The summed E-state index contributed by atoms with van der Waals surface area (Å²) < 4.78 is 17.3. The zero-order chi connectivity index (χ0) is 42.5. The van der Waals surface area contributed by atoms with Crippen molar-refractivity contribution in [2.24, 2.45) is 28.6 Å². The predicted octanol–water partition coefficient (Wildman–Crippen LogP) is 9.42. The summed E-state index contributed by atoms with van der Waals surface area (Å²) in [5, 5.41) is 0. The van der Waals surface area contributed by atoms with Gasteiger partial charge in [-0.2, -0.15) is 5.90 Å². The monoisotopic (exact) mass is 779 g/mol. The van der Waals surface area contributed by atoms with Crippen molar-refractivity contribution in [1.29, 1.82) is 0 Å². The van der Waals surface area contributed by atoms with Crippen LogP contribution in [-0.4, -0.2) is 47.1 Å². The summed E-state index contributed by atoms with van der Waals surface area (Å²) in [4.78, 5) is 52.1. The van der Waals surface area contributed by atoms with Crippen LogP contribution in [0.15, 0.2) is 83.6 Å². The summed E-state index contributed by atoms with van der Waals surface area (Å²) in [5.41, 5.74) is 1.62. The highest BCUT2D eigenvalue weighted by atomic mass is 16.7. The van der Waals surface area contributed by atoms with E-state index in [4.69, 9.17) is 14.2 Å². The van der Waals surface area contributed by atoms with Crippen molar-refractivity contribution >= 4 is 23.7 Å². The average Bonchev–Trinajstić information content (AvgIpc) is 3.69. The zero-order valence-corrected chi connectivity index (χ0v) is 36.7. The first kappa shape index (κ1) is 48.3. The maximum atomic E-state index is 13.2. The summed E-state index contributed by atoms with van der Waals surface area (Å²) in [5.74, 6) is 4.00. The van der Waals surface area contributed by atoms with Crippen molar-refractivity contribution in [3.63, 3.8) is 0 Å². The van der Waals surface area contributed by atoms with Gasteiger partial charge in [-0.3, -0.25) is 19.2 Å². The van der Waals surface area contributed by atoms with E-state index < -0.39 is 23.1 Å². The van der Waals surface area contributed by atoms with Crippen molar-refractivity contribution in [3.8, 4) is 0 Å². The standard InChI is InChI=1S/C33H46NO6.C14H26O2/c1-8-9-10-14-24(2)15-11-12-16-25(3)17-13-18-26(4)28(35)23-33-31(5,6)21-27(22-32(33,7)40-33)38-29(36)19-20-30(37)39-34;1-9(2)13-10(3)7-12(16-11(4)15)8-14(13,5)6/h8-18,27H,19-23H2,1-7,34H3;9-10,12-13H,7-8H2,1-6H3/q+1;/b9-8-,12-11+,14-10+,17-13+,24-15+,25-16+,26-18+;/t;10-,12?,13?/m.1/s1. The lowest BCUT2D eigenvalue weighted by Crippen LogP contribution is -2.51. The number of carbonyl (C=O) groups excluding carboxylic acids is 4. The van der Waals surface area contributed by atoms with Gasteiger partial charge >= 0.3 is 17.9 Å². The third kappa shape index (κ3) is 14.0. The Hall–Kier alpha value is -3.82. The second-order valence-electron chi connectivity index (χ2n) is 17.9. The number of hydrogen-bond donors (Lipinski definition) is 1.